The summed E-state index contributed by atoms with van der Waals surface area (Å²) in [5, 5.41) is 22.1. The number of carbonyl (C=O) groups excluding carboxylic acids is 1. The van der Waals surface area contributed by atoms with Crippen molar-refractivity contribution in [1.82, 2.24) is 9.88 Å². The summed E-state index contributed by atoms with van der Waals surface area (Å²) in [5.41, 5.74) is 5.06. The smallest absolute Gasteiger partial charge is 0.306 e. The van der Waals surface area contributed by atoms with E-state index in [2.05, 4.69) is 17.4 Å². The molecule has 3 aromatic carbocycles. The van der Waals surface area contributed by atoms with Crippen LogP contribution in [-0.4, -0.2) is 39.3 Å². The molecule has 3 N–H and O–H groups in total. The molecule has 2 atom stereocenters. The van der Waals surface area contributed by atoms with Gasteiger partial charge in [-0.2, -0.15) is 0 Å². The zero-order valence-electron chi connectivity index (χ0n) is 19.2. The molecule has 1 aromatic heterocycles. The number of hydrogen-bond donors (Lipinski definition) is 3. The largest absolute Gasteiger partial charge is 0.481 e. The second kappa shape index (κ2) is 11.3. The van der Waals surface area contributed by atoms with E-state index < -0.39 is 24.0 Å². The van der Waals surface area contributed by atoms with E-state index in [1.54, 1.807) is 17.0 Å². The Hall–Kier alpha value is -4.16. The van der Waals surface area contributed by atoms with Gasteiger partial charge in [0.15, 0.2) is 0 Å². The quantitative estimate of drug-likeness (QED) is 0.318. The number of nitrogens with one attached hydrogen (secondary N) is 1. The number of benzene rings is 3. The monoisotopic (exact) mass is 468 g/mol. The first-order valence-corrected chi connectivity index (χ1v) is 11.5. The Kier molecular flexibility index (Phi) is 7.75. The molecule has 178 valence electrons. The van der Waals surface area contributed by atoms with Crippen LogP contribution in [-0.2, 0) is 16.0 Å². The van der Waals surface area contributed by atoms with Gasteiger partial charge in [0.1, 0.15) is 6.04 Å². The number of carboxylic acid groups (broad SMARTS) is 1. The second-order valence-electron chi connectivity index (χ2n) is 8.48. The maximum atomic E-state index is 13.1. The molecular weight excluding hydrogens is 440 g/mol. The average molecular weight is 469 g/mol. The third kappa shape index (κ3) is 6.25. The molecular formula is C29H28N2O4. The second-order valence-corrected chi connectivity index (χ2v) is 8.48. The Morgan fingerprint density at radius 3 is 1.94 bits per heavy atom. The molecule has 6 nitrogen and oxygen atoms in total. The lowest BCUT2D eigenvalue weighted by Crippen LogP contribution is -2.43. The normalized spacial score (nSPS) is 12.6. The zero-order chi connectivity index (χ0) is 24.6. The van der Waals surface area contributed by atoms with Crippen LogP contribution >= 0.6 is 0 Å². The van der Waals surface area contributed by atoms with Crippen molar-refractivity contribution in [3.8, 4) is 22.3 Å². The lowest BCUT2D eigenvalue weighted by Gasteiger charge is -2.22. The van der Waals surface area contributed by atoms with Crippen molar-refractivity contribution in [2.45, 2.75) is 24.9 Å². The molecule has 0 spiro atoms. The SMILES string of the molecule is O=C(O)C[C@@H](C(=O)N[C@H](CO)Cc1ccccc1)n1ccc(-c2ccc(-c3ccccc3)cc2)c1. The van der Waals surface area contributed by atoms with Crippen LogP contribution in [0.4, 0.5) is 0 Å². The van der Waals surface area contributed by atoms with Gasteiger partial charge in [0.25, 0.3) is 0 Å². The molecule has 0 aliphatic heterocycles. The third-order valence-electron chi connectivity index (χ3n) is 5.96. The lowest BCUT2D eigenvalue weighted by atomic mass is 10.0. The van der Waals surface area contributed by atoms with Crippen molar-refractivity contribution in [3.63, 3.8) is 0 Å². The number of aliphatic hydroxyl groups is 1. The molecule has 0 bridgehead atoms. The van der Waals surface area contributed by atoms with Gasteiger partial charge in [-0.25, -0.2) is 0 Å². The average Bonchev–Trinajstić information content (AvgIpc) is 3.38. The number of aromatic nitrogens is 1. The fraction of sp³-hybridized carbons (Fsp3) is 0.172. The molecule has 0 fully saturated rings. The van der Waals surface area contributed by atoms with Gasteiger partial charge in [0, 0.05) is 12.4 Å². The van der Waals surface area contributed by atoms with E-state index >= 15 is 0 Å². The van der Waals surface area contributed by atoms with Gasteiger partial charge in [0.2, 0.25) is 5.91 Å². The van der Waals surface area contributed by atoms with Gasteiger partial charge in [-0.3, -0.25) is 9.59 Å². The number of nitrogens with zero attached hydrogens (tertiary/aromatic N) is 1. The van der Waals surface area contributed by atoms with E-state index in [4.69, 9.17) is 0 Å². The minimum absolute atomic E-state index is 0.245. The van der Waals surface area contributed by atoms with Gasteiger partial charge >= 0.3 is 5.97 Å². The van der Waals surface area contributed by atoms with Crippen molar-refractivity contribution >= 4 is 11.9 Å². The molecule has 1 heterocycles. The van der Waals surface area contributed by atoms with E-state index in [0.29, 0.717) is 6.42 Å². The molecule has 6 heteroatoms. The first kappa shape index (κ1) is 24.0. The number of rotatable bonds is 10. The molecule has 0 aliphatic rings. The van der Waals surface area contributed by atoms with E-state index in [1.165, 1.54) is 0 Å². The van der Waals surface area contributed by atoms with Crippen molar-refractivity contribution in [3.05, 3.63) is 109 Å². The molecule has 0 saturated carbocycles. The van der Waals surface area contributed by atoms with Crippen LogP contribution in [0.1, 0.15) is 18.0 Å². The number of aliphatic carboxylic acids is 1. The van der Waals surface area contributed by atoms with Crippen molar-refractivity contribution in [2.75, 3.05) is 6.61 Å². The Morgan fingerprint density at radius 2 is 1.34 bits per heavy atom. The number of carboxylic acids is 1. The summed E-state index contributed by atoms with van der Waals surface area (Å²) in [6.07, 6.45) is 3.60. The summed E-state index contributed by atoms with van der Waals surface area (Å²) in [6.45, 7) is -0.245. The van der Waals surface area contributed by atoms with Gasteiger partial charge in [-0.05, 0) is 40.3 Å². The Labute approximate surface area is 204 Å². The summed E-state index contributed by atoms with van der Waals surface area (Å²) in [5.74, 6) is -1.51. The molecule has 0 saturated heterocycles. The number of amides is 1. The Balaban J connectivity index is 1.50. The topological polar surface area (TPSA) is 91.6 Å². The fourth-order valence-corrected chi connectivity index (χ4v) is 4.12. The van der Waals surface area contributed by atoms with Gasteiger partial charge < -0.3 is 20.1 Å². The van der Waals surface area contributed by atoms with Gasteiger partial charge in [-0.15, -0.1) is 0 Å². The van der Waals surface area contributed by atoms with Gasteiger partial charge in [-0.1, -0.05) is 84.9 Å². The van der Waals surface area contributed by atoms with Crippen molar-refractivity contribution in [1.29, 1.82) is 0 Å². The summed E-state index contributed by atoms with van der Waals surface area (Å²) < 4.78 is 1.63. The summed E-state index contributed by atoms with van der Waals surface area (Å²) >= 11 is 0. The van der Waals surface area contributed by atoms with Gasteiger partial charge in [0.05, 0.1) is 19.1 Å². The maximum Gasteiger partial charge on any atom is 0.306 e. The standard InChI is InChI=1S/C29H28N2O4/c32-20-26(17-21-7-3-1-4-8-21)30-29(35)27(18-28(33)34)31-16-15-25(19-31)24-13-11-23(12-14-24)22-9-5-2-6-10-22/h1-16,19,26-27,32H,17-18,20H2,(H,30,35)(H,33,34)/t26-,27-/m0/s1. The van der Waals surface area contributed by atoms with Crippen LogP contribution in [0.3, 0.4) is 0 Å². The summed E-state index contributed by atoms with van der Waals surface area (Å²) in [7, 11) is 0. The number of carbonyl (C=O) groups is 2. The van der Waals surface area contributed by atoms with Crippen LogP contribution in [0, 0.1) is 0 Å². The minimum atomic E-state index is -1.07. The predicted octanol–water partition coefficient (Wildman–Crippen LogP) is 4.56. The van der Waals surface area contributed by atoms with E-state index in [1.807, 2.05) is 78.9 Å². The van der Waals surface area contributed by atoms with Crippen molar-refractivity contribution in [2.24, 2.45) is 0 Å². The Bertz CT molecular complexity index is 1250. The zero-order valence-corrected chi connectivity index (χ0v) is 19.2. The number of hydrogen-bond acceptors (Lipinski definition) is 3. The molecule has 4 rings (SSSR count). The van der Waals surface area contributed by atoms with Crippen LogP contribution in [0.25, 0.3) is 22.3 Å². The van der Waals surface area contributed by atoms with E-state index in [0.717, 1.165) is 27.8 Å². The van der Waals surface area contributed by atoms with Crippen LogP contribution in [0.15, 0.2) is 103 Å². The van der Waals surface area contributed by atoms with Crippen LogP contribution in [0.2, 0.25) is 0 Å². The summed E-state index contributed by atoms with van der Waals surface area (Å²) in [6, 6.07) is 28.1. The Morgan fingerprint density at radius 1 is 0.771 bits per heavy atom. The lowest BCUT2D eigenvalue weighted by molar-refractivity contribution is -0.140. The molecule has 35 heavy (non-hydrogen) atoms. The predicted molar refractivity (Wildman–Crippen MR) is 136 cm³/mol. The number of aliphatic hydroxyl groups excluding tert-OH is 1. The van der Waals surface area contributed by atoms with Crippen LogP contribution in [0.5, 0.6) is 0 Å². The first-order chi connectivity index (χ1) is 17.0. The van der Waals surface area contributed by atoms with E-state index in [9.17, 15) is 19.8 Å². The fourth-order valence-electron chi connectivity index (χ4n) is 4.12. The maximum absolute atomic E-state index is 13.1. The highest BCUT2D eigenvalue weighted by molar-refractivity contribution is 5.85. The first-order valence-electron chi connectivity index (χ1n) is 11.5. The van der Waals surface area contributed by atoms with Crippen LogP contribution < -0.4 is 5.32 Å². The van der Waals surface area contributed by atoms with Crippen molar-refractivity contribution < 1.29 is 19.8 Å². The molecule has 4 aromatic rings. The highest BCUT2D eigenvalue weighted by Crippen LogP contribution is 2.26. The van der Waals surface area contributed by atoms with E-state index in [-0.39, 0.29) is 13.0 Å². The highest BCUT2D eigenvalue weighted by Gasteiger charge is 2.25. The molecule has 0 aliphatic carbocycles. The summed E-state index contributed by atoms with van der Waals surface area (Å²) in [4.78, 5) is 24.6. The third-order valence-corrected chi connectivity index (χ3v) is 5.96. The molecule has 0 radical (unpaired) electrons. The highest BCUT2D eigenvalue weighted by atomic mass is 16.4. The molecule has 1 amide bonds. The minimum Gasteiger partial charge on any atom is -0.481 e. The molecule has 0 unspecified atom stereocenters.